The van der Waals surface area contributed by atoms with E-state index in [1.807, 2.05) is 47.6 Å². The highest BCUT2D eigenvalue weighted by Gasteiger charge is 2.64. The van der Waals surface area contributed by atoms with Gasteiger partial charge in [0, 0.05) is 26.1 Å². The number of unbranched alkanes of at least 4 members (excludes halogenated alkanes) is 3. The van der Waals surface area contributed by atoms with Gasteiger partial charge in [0.15, 0.2) is 0 Å². The SMILES string of the molecule is COC1C(OC(=O)N[C@@H](COC(=O)NCCCCCCNC(=O)CN)C(C)C)CCC2(CO2)C1C(C)(C)OCC=C(C)C. The monoisotopic (exact) mass is 612 g/mol. The number of rotatable bonds is 18. The zero-order valence-corrected chi connectivity index (χ0v) is 27.3. The number of nitrogens with two attached hydrogens (primary N) is 1. The van der Waals surface area contributed by atoms with Gasteiger partial charge in [-0.3, -0.25) is 4.79 Å². The summed E-state index contributed by atoms with van der Waals surface area (Å²) in [6.45, 7) is 14.2. The van der Waals surface area contributed by atoms with E-state index in [1.165, 1.54) is 5.57 Å². The molecule has 2 fully saturated rings. The van der Waals surface area contributed by atoms with E-state index < -0.39 is 36.0 Å². The van der Waals surface area contributed by atoms with Crippen molar-refractivity contribution in [1.82, 2.24) is 16.0 Å². The van der Waals surface area contributed by atoms with Gasteiger partial charge >= 0.3 is 12.2 Å². The minimum absolute atomic E-state index is 0.00226. The van der Waals surface area contributed by atoms with Crippen LogP contribution in [0.3, 0.4) is 0 Å². The number of methoxy groups -OCH3 is 1. The van der Waals surface area contributed by atoms with Crippen molar-refractivity contribution in [2.24, 2.45) is 17.6 Å². The Labute approximate surface area is 257 Å². The average Bonchev–Trinajstić information content (AvgIpc) is 3.71. The molecular weight excluding hydrogens is 556 g/mol. The highest BCUT2D eigenvalue weighted by Crippen LogP contribution is 2.52. The molecule has 2 rings (SSSR count). The van der Waals surface area contributed by atoms with Crippen LogP contribution < -0.4 is 21.7 Å². The lowest BCUT2D eigenvalue weighted by Gasteiger charge is -2.47. The van der Waals surface area contributed by atoms with Crippen molar-refractivity contribution in [2.75, 3.05) is 46.6 Å². The Hall–Kier alpha value is -2.41. The van der Waals surface area contributed by atoms with Crippen LogP contribution >= 0.6 is 0 Å². The minimum Gasteiger partial charge on any atom is -0.447 e. The van der Waals surface area contributed by atoms with E-state index in [-0.39, 0.29) is 36.5 Å². The Balaban J connectivity index is 1.81. The third-order valence-corrected chi connectivity index (χ3v) is 8.24. The molecule has 0 bridgehead atoms. The summed E-state index contributed by atoms with van der Waals surface area (Å²) in [4.78, 5) is 36.4. The first-order valence-electron chi connectivity index (χ1n) is 15.6. The number of nitrogens with one attached hydrogen (secondary N) is 3. The standard InChI is InChI=1S/C31H56N4O8/c1-21(2)13-17-41-30(5,6)27-26(39-7)24(12-14-31(27)20-42-31)43-29(38)35-23(22(3)4)19-40-28(37)34-16-11-9-8-10-15-33-25(36)18-32/h13,22-24,26-27H,8-12,14-20,32H2,1-7H3,(H,33,36)(H,34,37)(H,35,38)/t23-,24?,26?,27?,31?/m0/s1. The summed E-state index contributed by atoms with van der Waals surface area (Å²) in [7, 11) is 1.63. The number of allylic oxidation sites excluding steroid dienone is 1. The second-order valence-electron chi connectivity index (χ2n) is 12.7. The van der Waals surface area contributed by atoms with Gasteiger partial charge in [0.1, 0.15) is 18.8 Å². The third kappa shape index (κ3) is 12.2. The van der Waals surface area contributed by atoms with Gasteiger partial charge in [-0.1, -0.05) is 38.3 Å². The number of ether oxygens (including phenoxy) is 5. The Morgan fingerprint density at radius 3 is 2.28 bits per heavy atom. The minimum atomic E-state index is -0.578. The predicted octanol–water partition coefficient (Wildman–Crippen LogP) is 3.42. The van der Waals surface area contributed by atoms with Gasteiger partial charge in [-0.2, -0.15) is 0 Å². The maximum atomic E-state index is 13.0. The lowest BCUT2D eigenvalue weighted by molar-refractivity contribution is -0.172. The van der Waals surface area contributed by atoms with Crippen molar-refractivity contribution in [2.45, 2.75) is 110 Å². The van der Waals surface area contributed by atoms with E-state index in [1.54, 1.807) is 7.11 Å². The van der Waals surface area contributed by atoms with Gasteiger partial charge in [0.2, 0.25) is 5.91 Å². The molecule has 43 heavy (non-hydrogen) atoms. The third-order valence-electron chi connectivity index (χ3n) is 8.24. The highest BCUT2D eigenvalue weighted by atomic mass is 16.6. The topological polar surface area (TPSA) is 163 Å². The second-order valence-corrected chi connectivity index (χ2v) is 12.7. The second kappa shape index (κ2) is 17.8. The number of alkyl carbamates (subject to hydrolysis) is 2. The molecule has 0 aromatic carbocycles. The van der Waals surface area contributed by atoms with Gasteiger partial charge < -0.3 is 45.4 Å². The first-order valence-corrected chi connectivity index (χ1v) is 15.6. The van der Waals surface area contributed by atoms with Crippen molar-refractivity contribution in [3.63, 3.8) is 0 Å². The summed E-state index contributed by atoms with van der Waals surface area (Å²) in [5.74, 6) is -0.286. The summed E-state index contributed by atoms with van der Waals surface area (Å²) >= 11 is 0. The van der Waals surface area contributed by atoms with Crippen LogP contribution in [0.25, 0.3) is 0 Å². The molecule has 12 heteroatoms. The van der Waals surface area contributed by atoms with Crippen LogP contribution in [0.1, 0.15) is 80.1 Å². The fourth-order valence-electron chi connectivity index (χ4n) is 5.63. The Kier molecular flexibility index (Phi) is 15.2. The lowest BCUT2D eigenvalue weighted by atomic mass is 9.68. The van der Waals surface area contributed by atoms with Crippen molar-refractivity contribution >= 4 is 18.1 Å². The van der Waals surface area contributed by atoms with Crippen LogP contribution in [0.5, 0.6) is 0 Å². The van der Waals surface area contributed by atoms with Crippen LogP contribution in [0, 0.1) is 11.8 Å². The number of epoxide rings is 1. The quantitative estimate of drug-likeness (QED) is 0.103. The van der Waals surface area contributed by atoms with Crippen LogP contribution in [0.4, 0.5) is 9.59 Å². The first-order chi connectivity index (χ1) is 20.3. The zero-order valence-electron chi connectivity index (χ0n) is 27.3. The van der Waals surface area contributed by atoms with Gasteiger partial charge in [-0.05, 0) is 59.3 Å². The van der Waals surface area contributed by atoms with Crippen LogP contribution in [0.15, 0.2) is 11.6 Å². The molecule has 0 aromatic heterocycles. The van der Waals surface area contributed by atoms with E-state index in [4.69, 9.17) is 29.4 Å². The van der Waals surface area contributed by atoms with Gasteiger partial charge in [-0.25, -0.2) is 9.59 Å². The van der Waals surface area contributed by atoms with E-state index in [0.29, 0.717) is 32.7 Å². The maximum absolute atomic E-state index is 13.0. The van der Waals surface area contributed by atoms with Crippen molar-refractivity contribution in [1.29, 1.82) is 0 Å². The fraction of sp³-hybridized carbons (Fsp3) is 0.839. The molecule has 12 nitrogen and oxygen atoms in total. The number of hydrogen-bond acceptors (Lipinski definition) is 9. The highest BCUT2D eigenvalue weighted by molar-refractivity contribution is 5.77. The van der Waals surface area contributed by atoms with Gasteiger partial charge in [0.25, 0.3) is 0 Å². The molecule has 1 saturated heterocycles. The predicted molar refractivity (Wildman–Crippen MR) is 164 cm³/mol. The zero-order chi connectivity index (χ0) is 32.0. The lowest BCUT2D eigenvalue weighted by Crippen LogP contribution is -2.59. The molecule has 1 saturated carbocycles. The number of amides is 3. The van der Waals surface area contributed by atoms with Crippen molar-refractivity contribution in [3.05, 3.63) is 11.6 Å². The molecule has 5 N–H and O–H groups in total. The Bertz CT molecular complexity index is 917. The van der Waals surface area contributed by atoms with Gasteiger partial charge in [0.05, 0.1) is 37.0 Å². The molecule has 4 unspecified atom stereocenters. The summed E-state index contributed by atoms with van der Waals surface area (Å²) in [6, 6.07) is -0.427. The summed E-state index contributed by atoms with van der Waals surface area (Å²) in [5, 5.41) is 8.36. The van der Waals surface area contributed by atoms with E-state index in [9.17, 15) is 14.4 Å². The molecule has 3 amide bonds. The van der Waals surface area contributed by atoms with Crippen LogP contribution in [-0.4, -0.2) is 94.1 Å². The molecule has 5 atom stereocenters. The van der Waals surface area contributed by atoms with Crippen LogP contribution in [0.2, 0.25) is 0 Å². The molecule has 1 aliphatic heterocycles. The van der Waals surface area contributed by atoms with Crippen LogP contribution in [-0.2, 0) is 28.5 Å². The molecule has 0 aromatic rings. The van der Waals surface area contributed by atoms with Crippen molar-refractivity contribution in [3.8, 4) is 0 Å². The number of hydrogen-bond donors (Lipinski definition) is 4. The largest absolute Gasteiger partial charge is 0.447 e. The molecular formula is C31H56N4O8. The molecule has 248 valence electrons. The van der Waals surface area contributed by atoms with E-state index in [0.717, 1.165) is 32.1 Å². The van der Waals surface area contributed by atoms with Gasteiger partial charge in [-0.15, -0.1) is 0 Å². The summed E-state index contributed by atoms with van der Waals surface area (Å²) in [5.41, 5.74) is 5.52. The molecule has 1 spiro atoms. The Morgan fingerprint density at radius 2 is 1.72 bits per heavy atom. The molecule has 2 aliphatic rings. The number of carbonyl (C=O) groups excluding carboxylic acids is 3. The fourth-order valence-corrected chi connectivity index (χ4v) is 5.63. The first kappa shape index (κ1) is 36.8. The summed E-state index contributed by atoms with van der Waals surface area (Å²) in [6.07, 6.45) is 4.90. The normalized spacial score (nSPS) is 23.8. The molecule has 0 radical (unpaired) electrons. The molecule has 1 heterocycles. The van der Waals surface area contributed by atoms with Crippen molar-refractivity contribution < 1.29 is 38.1 Å². The average molecular weight is 613 g/mol. The van der Waals surface area contributed by atoms with E-state index in [2.05, 4.69) is 16.0 Å². The van der Waals surface area contributed by atoms with E-state index >= 15 is 0 Å². The Morgan fingerprint density at radius 1 is 1.07 bits per heavy atom. The smallest absolute Gasteiger partial charge is 0.407 e. The number of carbonyl (C=O) groups is 3. The summed E-state index contributed by atoms with van der Waals surface area (Å²) < 4.78 is 29.5. The molecule has 1 aliphatic carbocycles. The maximum Gasteiger partial charge on any atom is 0.407 e.